The number of aliphatic hydroxyl groups excluding tert-OH is 1. The Labute approximate surface area is 160 Å². The number of carbonyl (C=O) groups is 1. The van der Waals surface area contributed by atoms with Gasteiger partial charge in [-0.05, 0) is 42.0 Å². The number of rotatable bonds is 7. The molecule has 0 saturated heterocycles. The van der Waals surface area contributed by atoms with Gasteiger partial charge in [-0.1, -0.05) is 18.2 Å². The van der Waals surface area contributed by atoms with Crippen molar-refractivity contribution in [2.45, 2.75) is 31.4 Å². The number of carbonyl (C=O) groups excluding carboxylic acids is 1. The van der Waals surface area contributed by atoms with Crippen molar-refractivity contribution in [2.75, 3.05) is 26.1 Å². The Kier molecular flexibility index (Phi) is 5.96. The highest BCUT2D eigenvalue weighted by atomic mass is 16.5. The second-order valence-corrected chi connectivity index (χ2v) is 7.30. The number of pyridine rings is 1. The van der Waals surface area contributed by atoms with Crippen molar-refractivity contribution in [2.24, 2.45) is 5.92 Å². The molecule has 1 heterocycles. The number of nitrogens with one attached hydrogen (secondary N) is 1. The predicted molar refractivity (Wildman–Crippen MR) is 105 cm³/mol. The van der Waals surface area contributed by atoms with Crippen molar-refractivity contribution < 1.29 is 14.6 Å². The maximum atomic E-state index is 12.6. The molecule has 1 aliphatic carbocycles. The first-order valence-corrected chi connectivity index (χ1v) is 9.20. The van der Waals surface area contributed by atoms with Crippen molar-refractivity contribution in [1.82, 2.24) is 10.3 Å². The number of nitrogens with zero attached hydrogens (tertiary/aromatic N) is 2. The van der Waals surface area contributed by atoms with E-state index in [9.17, 15) is 9.90 Å². The SMILES string of the molecule is COc1ccc([C@H](NC(=O)Cc2ccc(N(C)C)cc2)C2CC(O)C2)cn1. The molecule has 0 unspecified atom stereocenters. The summed E-state index contributed by atoms with van der Waals surface area (Å²) in [5.74, 6) is 0.725. The fourth-order valence-corrected chi connectivity index (χ4v) is 3.39. The smallest absolute Gasteiger partial charge is 0.224 e. The number of ether oxygens (including phenoxy) is 1. The van der Waals surface area contributed by atoms with Crippen molar-refractivity contribution in [3.8, 4) is 5.88 Å². The van der Waals surface area contributed by atoms with Gasteiger partial charge in [0.1, 0.15) is 0 Å². The Bertz CT molecular complexity index is 753. The summed E-state index contributed by atoms with van der Waals surface area (Å²) in [6, 6.07) is 11.5. The Morgan fingerprint density at radius 1 is 1.26 bits per heavy atom. The largest absolute Gasteiger partial charge is 0.481 e. The standard InChI is InChI=1S/C21H27N3O3/c1-24(2)17-7-4-14(5-8-17)10-19(26)23-21(16-11-18(25)12-16)15-6-9-20(27-3)22-13-15/h4-9,13,16,18,21,25H,10-12H2,1-3H3,(H,23,26)/t16?,18?,21-/m0/s1. The molecule has 2 aromatic rings. The van der Waals surface area contributed by atoms with Crippen LogP contribution in [0.1, 0.15) is 30.0 Å². The summed E-state index contributed by atoms with van der Waals surface area (Å²) in [6.07, 6.45) is 3.16. The maximum Gasteiger partial charge on any atom is 0.224 e. The van der Waals surface area contributed by atoms with Gasteiger partial charge in [-0.3, -0.25) is 4.79 Å². The molecule has 1 amide bonds. The minimum atomic E-state index is -0.279. The molecular formula is C21H27N3O3. The van der Waals surface area contributed by atoms with Gasteiger partial charge < -0.3 is 20.1 Å². The normalized spacial score (nSPS) is 19.7. The fourth-order valence-electron chi connectivity index (χ4n) is 3.39. The second-order valence-electron chi connectivity index (χ2n) is 7.30. The fraction of sp³-hybridized carbons (Fsp3) is 0.429. The molecule has 2 N–H and O–H groups in total. The lowest BCUT2D eigenvalue weighted by Gasteiger charge is -2.38. The summed E-state index contributed by atoms with van der Waals surface area (Å²) in [7, 11) is 5.55. The first kappa shape index (κ1) is 19.2. The van der Waals surface area contributed by atoms with Gasteiger partial charge in [-0.15, -0.1) is 0 Å². The Hall–Kier alpha value is -2.60. The van der Waals surface area contributed by atoms with E-state index >= 15 is 0 Å². The average molecular weight is 369 g/mol. The van der Waals surface area contributed by atoms with Crippen LogP contribution in [0, 0.1) is 5.92 Å². The van der Waals surface area contributed by atoms with Crippen LogP contribution in [0.2, 0.25) is 0 Å². The van der Waals surface area contributed by atoms with Crippen molar-refractivity contribution in [3.63, 3.8) is 0 Å². The van der Waals surface area contributed by atoms with Crippen LogP contribution in [0.3, 0.4) is 0 Å². The van der Waals surface area contributed by atoms with Gasteiger partial charge in [0, 0.05) is 32.0 Å². The highest BCUT2D eigenvalue weighted by Crippen LogP contribution is 2.38. The van der Waals surface area contributed by atoms with Crippen molar-refractivity contribution in [1.29, 1.82) is 0 Å². The third-order valence-electron chi connectivity index (χ3n) is 5.08. The molecule has 1 fully saturated rings. The lowest BCUT2D eigenvalue weighted by Crippen LogP contribution is -2.41. The van der Waals surface area contributed by atoms with Crippen molar-refractivity contribution in [3.05, 3.63) is 53.7 Å². The molecule has 0 radical (unpaired) electrons. The van der Waals surface area contributed by atoms with Crippen LogP contribution in [0.15, 0.2) is 42.6 Å². The lowest BCUT2D eigenvalue weighted by molar-refractivity contribution is -0.122. The van der Waals surface area contributed by atoms with E-state index in [0.29, 0.717) is 25.1 Å². The third kappa shape index (κ3) is 4.77. The zero-order valence-corrected chi connectivity index (χ0v) is 16.1. The first-order chi connectivity index (χ1) is 13.0. The summed E-state index contributed by atoms with van der Waals surface area (Å²) >= 11 is 0. The lowest BCUT2D eigenvalue weighted by atomic mass is 9.75. The van der Waals surface area contributed by atoms with Crippen LogP contribution in [0.5, 0.6) is 5.88 Å². The van der Waals surface area contributed by atoms with Crippen LogP contribution in [-0.2, 0) is 11.2 Å². The summed E-state index contributed by atoms with van der Waals surface area (Å²) in [6.45, 7) is 0. The van der Waals surface area contributed by atoms with Crippen molar-refractivity contribution >= 4 is 11.6 Å². The average Bonchev–Trinajstić information content (AvgIpc) is 2.64. The maximum absolute atomic E-state index is 12.6. The highest BCUT2D eigenvalue weighted by Gasteiger charge is 2.35. The zero-order chi connectivity index (χ0) is 19.4. The number of aromatic nitrogens is 1. The van der Waals surface area contributed by atoms with E-state index in [4.69, 9.17) is 4.74 Å². The molecule has 0 bridgehead atoms. The number of anilines is 1. The first-order valence-electron chi connectivity index (χ1n) is 9.20. The van der Waals surface area contributed by atoms with Gasteiger partial charge in [0.05, 0.1) is 25.7 Å². The van der Waals surface area contributed by atoms with Crippen LogP contribution in [0.25, 0.3) is 0 Å². The number of hydrogen-bond donors (Lipinski definition) is 2. The molecule has 27 heavy (non-hydrogen) atoms. The predicted octanol–water partition coefficient (Wildman–Crippen LogP) is 2.33. The van der Waals surface area contributed by atoms with Crippen LogP contribution in [0.4, 0.5) is 5.69 Å². The van der Waals surface area contributed by atoms with Crippen LogP contribution in [-0.4, -0.2) is 43.3 Å². The van der Waals surface area contributed by atoms with Gasteiger partial charge in [-0.25, -0.2) is 4.98 Å². The van der Waals surface area contributed by atoms with Gasteiger partial charge >= 0.3 is 0 Å². The van der Waals surface area contributed by atoms with Gasteiger partial charge in [0.25, 0.3) is 0 Å². The molecule has 0 spiro atoms. The van der Waals surface area contributed by atoms with E-state index < -0.39 is 0 Å². The number of hydrogen-bond acceptors (Lipinski definition) is 5. The minimum Gasteiger partial charge on any atom is -0.481 e. The molecule has 1 saturated carbocycles. The molecule has 3 rings (SSSR count). The number of methoxy groups -OCH3 is 1. The summed E-state index contributed by atoms with van der Waals surface area (Å²) in [4.78, 5) is 18.9. The Balaban J connectivity index is 1.68. The molecule has 6 heteroatoms. The van der Waals surface area contributed by atoms with E-state index in [0.717, 1.165) is 16.8 Å². The minimum absolute atomic E-state index is 0.0326. The van der Waals surface area contributed by atoms with Gasteiger partial charge in [0.15, 0.2) is 0 Å². The summed E-state index contributed by atoms with van der Waals surface area (Å²) < 4.78 is 5.11. The van der Waals surface area contributed by atoms with E-state index in [1.807, 2.05) is 49.3 Å². The van der Waals surface area contributed by atoms with E-state index in [2.05, 4.69) is 10.3 Å². The van der Waals surface area contributed by atoms with E-state index in [-0.39, 0.29) is 24.0 Å². The Morgan fingerprint density at radius 3 is 2.48 bits per heavy atom. The molecule has 1 aromatic heterocycles. The molecule has 1 aromatic carbocycles. The molecule has 1 atom stereocenters. The summed E-state index contributed by atoms with van der Waals surface area (Å²) in [5, 5.41) is 12.8. The van der Waals surface area contributed by atoms with E-state index in [1.54, 1.807) is 19.4 Å². The molecule has 144 valence electrons. The van der Waals surface area contributed by atoms with Gasteiger partial charge in [-0.2, -0.15) is 0 Å². The van der Waals surface area contributed by atoms with Gasteiger partial charge in [0.2, 0.25) is 11.8 Å². The van der Waals surface area contributed by atoms with Crippen LogP contribution < -0.4 is 15.0 Å². The second kappa shape index (κ2) is 8.39. The number of aliphatic hydroxyl groups is 1. The molecular weight excluding hydrogens is 342 g/mol. The third-order valence-corrected chi connectivity index (χ3v) is 5.08. The van der Waals surface area contributed by atoms with E-state index in [1.165, 1.54) is 0 Å². The number of amides is 1. The molecule has 1 aliphatic rings. The Morgan fingerprint density at radius 2 is 1.96 bits per heavy atom. The topological polar surface area (TPSA) is 74.7 Å². The summed E-state index contributed by atoms with van der Waals surface area (Å²) in [5.41, 5.74) is 3.01. The highest BCUT2D eigenvalue weighted by molar-refractivity contribution is 5.79. The number of benzene rings is 1. The monoisotopic (exact) mass is 369 g/mol. The zero-order valence-electron chi connectivity index (χ0n) is 16.1. The molecule has 0 aliphatic heterocycles. The van der Waals surface area contributed by atoms with Crippen LogP contribution >= 0.6 is 0 Å². The quantitative estimate of drug-likeness (QED) is 0.784. The molecule has 6 nitrogen and oxygen atoms in total.